The zero-order chi connectivity index (χ0) is 21.9. The minimum atomic E-state index is -0.321. The van der Waals surface area contributed by atoms with Crippen LogP contribution in [0.3, 0.4) is 0 Å². The van der Waals surface area contributed by atoms with E-state index in [4.69, 9.17) is 9.47 Å². The number of hydrogen-bond acceptors (Lipinski definition) is 5. The smallest absolute Gasteiger partial charge is 0.251 e. The first kappa shape index (κ1) is 25.0. The number of carbonyl (C=O) groups is 2. The van der Waals surface area contributed by atoms with Gasteiger partial charge in [-0.25, -0.2) is 0 Å². The summed E-state index contributed by atoms with van der Waals surface area (Å²) in [5.41, 5.74) is 1.12. The highest BCUT2D eigenvalue weighted by Crippen LogP contribution is 2.16. The maximum Gasteiger partial charge on any atom is 0.251 e. The van der Waals surface area contributed by atoms with Crippen LogP contribution in [0.4, 0.5) is 0 Å². The number of benzene rings is 1. The minimum Gasteiger partial charge on any atom is -0.379 e. The second-order valence-electron chi connectivity index (χ2n) is 8.95. The van der Waals surface area contributed by atoms with Gasteiger partial charge >= 0.3 is 0 Å². The number of aliphatic imine (C=N–C) groups is 1. The lowest BCUT2D eigenvalue weighted by molar-refractivity contribution is -0.127. The van der Waals surface area contributed by atoms with Gasteiger partial charge in [-0.2, -0.15) is 0 Å². The number of amides is 1. The van der Waals surface area contributed by atoms with Crippen molar-refractivity contribution < 1.29 is 19.1 Å². The molecule has 0 aliphatic rings. The normalized spacial score (nSPS) is 12.3. The van der Waals surface area contributed by atoms with Crippen LogP contribution < -0.4 is 5.32 Å². The van der Waals surface area contributed by atoms with Crippen molar-refractivity contribution in [2.24, 2.45) is 10.4 Å². The molecule has 6 nitrogen and oxygen atoms in total. The van der Waals surface area contributed by atoms with E-state index in [0.29, 0.717) is 45.0 Å². The maximum absolute atomic E-state index is 12.1. The number of ketones is 1. The van der Waals surface area contributed by atoms with E-state index in [-0.39, 0.29) is 22.6 Å². The molecule has 162 valence electrons. The molecule has 29 heavy (non-hydrogen) atoms. The van der Waals surface area contributed by atoms with Gasteiger partial charge in [-0.3, -0.25) is 14.6 Å². The third-order valence-electron chi connectivity index (χ3n) is 3.99. The number of hydrogen-bond donors (Lipinski definition) is 1. The molecule has 0 heterocycles. The second kappa shape index (κ2) is 11.8. The summed E-state index contributed by atoms with van der Waals surface area (Å²) in [6, 6.07) is 7.32. The summed E-state index contributed by atoms with van der Waals surface area (Å²) >= 11 is 0. The van der Waals surface area contributed by atoms with Gasteiger partial charge in [-0.15, -0.1) is 0 Å². The number of nitrogens with zero attached hydrogens (tertiary/aromatic N) is 1. The number of nitrogens with one attached hydrogen (secondary N) is 1. The van der Waals surface area contributed by atoms with Crippen molar-refractivity contribution in [2.45, 2.75) is 53.5 Å². The molecule has 0 unspecified atom stereocenters. The molecule has 1 aromatic carbocycles. The van der Waals surface area contributed by atoms with Crippen LogP contribution >= 0.6 is 0 Å². The SMILES string of the molecule is CC(C)(C)N=Cc1ccc(C(=O)NCCOCCOCCC(=O)C(C)(C)C)cc1. The Bertz CT molecular complexity index is 668. The zero-order valence-corrected chi connectivity index (χ0v) is 18.7. The van der Waals surface area contributed by atoms with Crippen LogP contribution in [-0.4, -0.2) is 56.4 Å². The highest BCUT2D eigenvalue weighted by Gasteiger charge is 2.20. The largest absolute Gasteiger partial charge is 0.379 e. The van der Waals surface area contributed by atoms with Crippen LogP contribution in [0.25, 0.3) is 0 Å². The molecule has 1 aromatic rings. The fraction of sp³-hybridized carbons (Fsp3) is 0.609. The first-order valence-electron chi connectivity index (χ1n) is 10.1. The summed E-state index contributed by atoms with van der Waals surface area (Å²) in [5, 5.41) is 2.83. The number of Topliss-reactive ketones (excluding diaryl/α,β-unsaturated/α-hetero) is 1. The Morgan fingerprint density at radius 1 is 0.931 bits per heavy atom. The second-order valence-corrected chi connectivity index (χ2v) is 8.95. The molecule has 0 atom stereocenters. The van der Waals surface area contributed by atoms with Crippen molar-refractivity contribution in [3.8, 4) is 0 Å². The Kier molecular flexibility index (Phi) is 10.2. The fourth-order valence-corrected chi connectivity index (χ4v) is 2.19. The predicted octanol–water partition coefficient (Wildman–Crippen LogP) is 3.67. The average Bonchev–Trinajstić information content (AvgIpc) is 2.63. The summed E-state index contributed by atoms with van der Waals surface area (Å²) in [6.07, 6.45) is 2.23. The van der Waals surface area contributed by atoms with Gasteiger partial charge < -0.3 is 14.8 Å². The van der Waals surface area contributed by atoms with Crippen LogP contribution in [0.2, 0.25) is 0 Å². The molecule has 0 spiro atoms. The lowest BCUT2D eigenvalue weighted by Crippen LogP contribution is -2.27. The van der Waals surface area contributed by atoms with Gasteiger partial charge in [0.1, 0.15) is 5.78 Å². The molecule has 0 aromatic heterocycles. The third-order valence-corrected chi connectivity index (χ3v) is 3.99. The standard InChI is InChI=1S/C23H36N2O4/c1-22(2,3)20(26)11-13-28-15-16-29-14-12-24-21(27)19-9-7-18(8-10-19)17-25-23(4,5)6/h7-10,17H,11-16H2,1-6H3,(H,24,27). The molecule has 0 saturated heterocycles. The van der Waals surface area contributed by atoms with Gasteiger partial charge in [0.2, 0.25) is 0 Å². The Hall–Kier alpha value is -2.05. The van der Waals surface area contributed by atoms with Gasteiger partial charge in [0, 0.05) is 30.2 Å². The third kappa shape index (κ3) is 11.5. The quantitative estimate of drug-likeness (QED) is 0.451. The molecule has 0 bridgehead atoms. The highest BCUT2D eigenvalue weighted by atomic mass is 16.5. The zero-order valence-electron chi connectivity index (χ0n) is 18.7. The van der Waals surface area contributed by atoms with Crippen LogP contribution in [0, 0.1) is 5.41 Å². The Morgan fingerprint density at radius 2 is 1.52 bits per heavy atom. The lowest BCUT2D eigenvalue weighted by Gasteiger charge is -2.16. The summed E-state index contributed by atoms with van der Waals surface area (Å²) in [6.45, 7) is 13.9. The fourth-order valence-electron chi connectivity index (χ4n) is 2.19. The van der Waals surface area contributed by atoms with Crippen molar-refractivity contribution >= 4 is 17.9 Å². The van der Waals surface area contributed by atoms with Crippen molar-refractivity contribution in [1.82, 2.24) is 5.32 Å². The molecule has 1 N–H and O–H groups in total. The van der Waals surface area contributed by atoms with E-state index in [1.54, 1.807) is 12.1 Å². The lowest BCUT2D eigenvalue weighted by atomic mass is 9.89. The summed E-state index contributed by atoms with van der Waals surface area (Å²) < 4.78 is 10.8. The molecule has 1 amide bonds. The molecule has 0 saturated carbocycles. The molecule has 6 heteroatoms. The maximum atomic E-state index is 12.1. The number of carbonyl (C=O) groups excluding carboxylic acids is 2. The van der Waals surface area contributed by atoms with E-state index >= 15 is 0 Å². The van der Waals surface area contributed by atoms with Crippen molar-refractivity contribution in [2.75, 3.05) is 33.0 Å². The van der Waals surface area contributed by atoms with E-state index in [2.05, 4.69) is 10.3 Å². The topological polar surface area (TPSA) is 77.0 Å². The molecular formula is C23H36N2O4. The molecule has 0 aliphatic carbocycles. The van der Waals surface area contributed by atoms with Gasteiger partial charge in [-0.05, 0) is 38.5 Å². The first-order chi connectivity index (χ1) is 13.5. The van der Waals surface area contributed by atoms with Crippen LogP contribution in [0.15, 0.2) is 29.3 Å². The van der Waals surface area contributed by atoms with E-state index in [9.17, 15) is 9.59 Å². The van der Waals surface area contributed by atoms with Crippen molar-refractivity contribution in [1.29, 1.82) is 0 Å². The van der Waals surface area contributed by atoms with Gasteiger partial charge in [0.25, 0.3) is 5.91 Å². The Morgan fingerprint density at radius 3 is 2.07 bits per heavy atom. The Balaban J connectivity index is 2.15. The predicted molar refractivity (Wildman–Crippen MR) is 117 cm³/mol. The van der Waals surface area contributed by atoms with Gasteiger partial charge in [0.15, 0.2) is 0 Å². The van der Waals surface area contributed by atoms with Crippen molar-refractivity contribution in [3.05, 3.63) is 35.4 Å². The van der Waals surface area contributed by atoms with Gasteiger partial charge in [-0.1, -0.05) is 32.9 Å². The summed E-state index contributed by atoms with van der Waals surface area (Å²) in [4.78, 5) is 28.3. The molecule has 1 rings (SSSR count). The summed E-state index contributed by atoms with van der Waals surface area (Å²) in [7, 11) is 0. The number of rotatable bonds is 11. The van der Waals surface area contributed by atoms with Crippen molar-refractivity contribution in [3.63, 3.8) is 0 Å². The van der Waals surface area contributed by atoms with Gasteiger partial charge in [0.05, 0.1) is 32.0 Å². The highest BCUT2D eigenvalue weighted by molar-refractivity contribution is 5.95. The van der Waals surface area contributed by atoms with E-state index in [0.717, 1.165) is 5.56 Å². The van der Waals surface area contributed by atoms with Crippen LogP contribution in [-0.2, 0) is 14.3 Å². The van der Waals surface area contributed by atoms with E-state index in [1.807, 2.05) is 59.9 Å². The Labute approximate surface area is 175 Å². The molecular weight excluding hydrogens is 368 g/mol. The van der Waals surface area contributed by atoms with E-state index < -0.39 is 0 Å². The van der Waals surface area contributed by atoms with Crippen LogP contribution in [0.1, 0.15) is 63.9 Å². The summed E-state index contributed by atoms with van der Waals surface area (Å²) in [5.74, 6) is 0.0560. The first-order valence-corrected chi connectivity index (χ1v) is 10.1. The van der Waals surface area contributed by atoms with Crippen LogP contribution in [0.5, 0.6) is 0 Å². The number of ether oxygens (including phenoxy) is 2. The van der Waals surface area contributed by atoms with E-state index in [1.165, 1.54) is 0 Å². The molecule has 0 radical (unpaired) electrons. The molecule has 0 aliphatic heterocycles. The monoisotopic (exact) mass is 404 g/mol. The molecule has 0 fully saturated rings. The minimum absolute atomic E-state index is 0.120. The average molecular weight is 405 g/mol.